The summed E-state index contributed by atoms with van der Waals surface area (Å²) in [5, 5.41) is 3.14. The fourth-order valence-electron chi connectivity index (χ4n) is 3.69. The molecule has 0 saturated carbocycles. The first-order valence-electron chi connectivity index (χ1n) is 10.3. The van der Waals surface area contributed by atoms with Gasteiger partial charge < -0.3 is 5.32 Å². The lowest BCUT2D eigenvalue weighted by Gasteiger charge is -2.31. The van der Waals surface area contributed by atoms with Crippen LogP contribution in [0.25, 0.3) is 0 Å². The summed E-state index contributed by atoms with van der Waals surface area (Å²) in [7, 11) is 0. The van der Waals surface area contributed by atoms with Crippen LogP contribution in [0.4, 0.5) is 0 Å². The molecule has 2 aromatic rings. The number of likely N-dealkylation sites (tertiary alicyclic amines) is 1. The summed E-state index contributed by atoms with van der Waals surface area (Å²) in [4.78, 5) is 14.9. The van der Waals surface area contributed by atoms with E-state index in [4.69, 9.17) is 0 Å². The lowest BCUT2D eigenvalue weighted by atomic mass is 9.95. The molecule has 28 heavy (non-hydrogen) atoms. The van der Waals surface area contributed by atoms with Crippen molar-refractivity contribution in [3.05, 3.63) is 70.8 Å². The van der Waals surface area contributed by atoms with E-state index in [1.54, 1.807) is 0 Å². The van der Waals surface area contributed by atoms with E-state index in [2.05, 4.69) is 72.6 Å². The molecule has 3 nitrogen and oxygen atoms in total. The Bertz CT molecular complexity index is 751. The summed E-state index contributed by atoms with van der Waals surface area (Å²) in [6, 6.07) is 17.4. The zero-order chi connectivity index (χ0) is 19.8. The van der Waals surface area contributed by atoms with Crippen LogP contribution in [0.2, 0.25) is 0 Å². The van der Waals surface area contributed by atoms with E-state index in [1.807, 2.05) is 11.8 Å². The number of amides is 1. The SMILES string of the molecule is Cc1ccc(CN2CCC(C(=O)NCCSCc3cccc(C)c3)CC2)cc1. The van der Waals surface area contributed by atoms with Crippen molar-refractivity contribution in [1.29, 1.82) is 0 Å². The van der Waals surface area contributed by atoms with E-state index in [0.717, 1.165) is 50.5 Å². The number of thioether (sulfide) groups is 1. The molecule has 150 valence electrons. The van der Waals surface area contributed by atoms with Gasteiger partial charge in [0.15, 0.2) is 0 Å². The van der Waals surface area contributed by atoms with Gasteiger partial charge in [-0.05, 0) is 50.9 Å². The maximum absolute atomic E-state index is 12.4. The average Bonchev–Trinajstić information content (AvgIpc) is 2.70. The Balaban J connectivity index is 1.30. The number of hydrogen-bond acceptors (Lipinski definition) is 3. The molecule has 1 amide bonds. The zero-order valence-corrected chi connectivity index (χ0v) is 17.9. The molecule has 1 aliphatic heterocycles. The number of benzene rings is 2. The molecule has 2 aromatic carbocycles. The Morgan fingerprint density at radius 3 is 2.50 bits per heavy atom. The third kappa shape index (κ3) is 6.68. The first-order valence-corrected chi connectivity index (χ1v) is 11.4. The van der Waals surface area contributed by atoms with Crippen molar-refractivity contribution in [2.75, 3.05) is 25.4 Å². The molecule has 0 atom stereocenters. The van der Waals surface area contributed by atoms with Gasteiger partial charge in [-0.3, -0.25) is 9.69 Å². The van der Waals surface area contributed by atoms with Crippen LogP contribution in [0, 0.1) is 19.8 Å². The van der Waals surface area contributed by atoms with Gasteiger partial charge in [0.05, 0.1) is 0 Å². The molecule has 0 aliphatic carbocycles. The lowest BCUT2D eigenvalue weighted by Crippen LogP contribution is -2.40. The van der Waals surface area contributed by atoms with Crippen LogP contribution in [-0.2, 0) is 17.1 Å². The summed E-state index contributed by atoms with van der Waals surface area (Å²) in [5.74, 6) is 2.39. The van der Waals surface area contributed by atoms with Crippen LogP contribution < -0.4 is 5.32 Å². The Morgan fingerprint density at radius 1 is 1.04 bits per heavy atom. The van der Waals surface area contributed by atoms with Crippen LogP contribution in [-0.4, -0.2) is 36.2 Å². The summed E-state index contributed by atoms with van der Waals surface area (Å²) in [6.07, 6.45) is 1.93. The Labute approximate surface area is 173 Å². The minimum Gasteiger partial charge on any atom is -0.355 e. The van der Waals surface area contributed by atoms with Crippen LogP contribution in [0.5, 0.6) is 0 Å². The molecular weight excluding hydrogens is 364 g/mol. The zero-order valence-electron chi connectivity index (χ0n) is 17.1. The second-order valence-electron chi connectivity index (χ2n) is 7.87. The second kappa shape index (κ2) is 10.7. The Morgan fingerprint density at radius 2 is 1.79 bits per heavy atom. The maximum atomic E-state index is 12.4. The summed E-state index contributed by atoms with van der Waals surface area (Å²) < 4.78 is 0. The molecule has 0 unspecified atom stereocenters. The molecule has 1 aliphatic rings. The van der Waals surface area contributed by atoms with Crippen molar-refractivity contribution >= 4 is 17.7 Å². The first kappa shape index (κ1) is 20.9. The molecule has 1 fully saturated rings. The number of carbonyl (C=O) groups is 1. The quantitative estimate of drug-likeness (QED) is 0.664. The van der Waals surface area contributed by atoms with Gasteiger partial charge in [0, 0.05) is 30.5 Å². The van der Waals surface area contributed by atoms with Crippen LogP contribution in [0.1, 0.15) is 35.1 Å². The molecule has 3 rings (SSSR count). The second-order valence-corrected chi connectivity index (χ2v) is 8.97. The van der Waals surface area contributed by atoms with Gasteiger partial charge in [0.1, 0.15) is 0 Å². The van der Waals surface area contributed by atoms with Crippen molar-refractivity contribution in [3.63, 3.8) is 0 Å². The number of nitrogens with zero attached hydrogens (tertiary/aromatic N) is 1. The van der Waals surface area contributed by atoms with Gasteiger partial charge in [0.25, 0.3) is 0 Å². The van der Waals surface area contributed by atoms with Crippen LogP contribution >= 0.6 is 11.8 Å². The fraction of sp³-hybridized carbons (Fsp3) is 0.458. The standard InChI is InChI=1S/C24H32N2OS/c1-19-6-8-21(9-7-19)17-26-13-10-23(11-14-26)24(27)25-12-15-28-18-22-5-3-4-20(2)16-22/h3-9,16,23H,10-15,17-18H2,1-2H3,(H,25,27). The number of carbonyl (C=O) groups excluding carboxylic acids is 1. The van der Waals surface area contributed by atoms with Gasteiger partial charge >= 0.3 is 0 Å². The minimum atomic E-state index is 0.177. The lowest BCUT2D eigenvalue weighted by molar-refractivity contribution is -0.126. The molecule has 1 heterocycles. The number of hydrogen-bond donors (Lipinski definition) is 1. The van der Waals surface area contributed by atoms with Crippen LogP contribution in [0.15, 0.2) is 48.5 Å². The topological polar surface area (TPSA) is 32.3 Å². The molecule has 0 aromatic heterocycles. The van der Waals surface area contributed by atoms with Gasteiger partial charge in [-0.2, -0.15) is 11.8 Å². The Hall–Kier alpha value is -1.78. The highest BCUT2D eigenvalue weighted by Gasteiger charge is 2.24. The number of piperidine rings is 1. The Kier molecular flexibility index (Phi) is 7.99. The van der Waals surface area contributed by atoms with Gasteiger partial charge in [-0.25, -0.2) is 0 Å². The molecule has 1 N–H and O–H groups in total. The first-order chi connectivity index (χ1) is 13.6. The average molecular weight is 397 g/mol. The number of aryl methyl sites for hydroxylation is 2. The van der Waals surface area contributed by atoms with E-state index >= 15 is 0 Å². The van der Waals surface area contributed by atoms with Crippen molar-refractivity contribution in [2.45, 2.75) is 39.0 Å². The van der Waals surface area contributed by atoms with Gasteiger partial charge in [-0.1, -0.05) is 59.7 Å². The van der Waals surface area contributed by atoms with E-state index < -0.39 is 0 Å². The summed E-state index contributed by atoms with van der Waals surface area (Å²) in [5.41, 5.74) is 5.33. The minimum absolute atomic E-state index is 0.177. The largest absolute Gasteiger partial charge is 0.355 e. The van der Waals surface area contributed by atoms with Gasteiger partial charge in [-0.15, -0.1) is 0 Å². The fourth-order valence-corrected chi connectivity index (χ4v) is 4.49. The van der Waals surface area contributed by atoms with E-state index in [-0.39, 0.29) is 11.8 Å². The predicted octanol–water partition coefficient (Wildman–Crippen LogP) is 4.57. The van der Waals surface area contributed by atoms with Crippen molar-refractivity contribution < 1.29 is 4.79 Å². The molecule has 0 bridgehead atoms. The third-order valence-electron chi connectivity index (χ3n) is 5.38. The van der Waals surface area contributed by atoms with Crippen molar-refractivity contribution in [2.24, 2.45) is 5.92 Å². The molecule has 1 saturated heterocycles. The third-order valence-corrected chi connectivity index (χ3v) is 6.41. The number of rotatable bonds is 8. The summed E-state index contributed by atoms with van der Waals surface area (Å²) >= 11 is 1.88. The van der Waals surface area contributed by atoms with Crippen LogP contribution in [0.3, 0.4) is 0 Å². The molecule has 0 radical (unpaired) electrons. The molecule has 0 spiro atoms. The van der Waals surface area contributed by atoms with E-state index in [9.17, 15) is 4.79 Å². The van der Waals surface area contributed by atoms with E-state index in [0.29, 0.717) is 0 Å². The van der Waals surface area contributed by atoms with Crippen molar-refractivity contribution in [3.8, 4) is 0 Å². The highest BCUT2D eigenvalue weighted by atomic mass is 32.2. The smallest absolute Gasteiger partial charge is 0.223 e. The van der Waals surface area contributed by atoms with Gasteiger partial charge in [0.2, 0.25) is 5.91 Å². The molecule has 4 heteroatoms. The van der Waals surface area contributed by atoms with E-state index in [1.165, 1.54) is 22.3 Å². The molecular formula is C24H32N2OS. The number of nitrogens with one attached hydrogen (secondary N) is 1. The highest BCUT2D eigenvalue weighted by Crippen LogP contribution is 2.19. The predicted molar refractivity (Wildman–Crippen MR) is 120 cm³/mol. The monoisotopic (exact) mass is 396 g/mol. The summed E-state index contributed by atoms with van der Waals surface area (Å²) in [6.45, 7) is 8.01. The van der Waals surface area contributed by atoms with Crippen molar-refractivity contribution in [1.82, 2.24) is 10.2 Å². The highest BCUT2D eigenvalue weighted by molar-refractivity contribution is 7.98. The maximum Gasteiger partial charge on any atom is 0.223 e. The normalized spacial score (nSPS) is 15.5.